The average Bonchev–Trinajstić information content (AvgIpc) is 2.66. The zero-order chi connectivity index (χ0) is 17.6. The Morgan fingerprint density at radius 2 is 1.52 bits per heavy atom. The van der Waals surface area contributed by atoms with E-state index in [0.29, 0.717) is 11.1 Å². The molecular weight excluding hydrogens is 316 g/mol. The standard InChI is InChI=1S/C20H16N2O3/c23-18-8-4-7-17(19(18)24)13-21-22-20(25)16-11-9-15(10-12-16)14-5-2-1-3-6-14/h1-13,23-24H,(H,22,25). The van der Waals surface area contributed by atoms with Gasteiger partial charge >= 0.3 is 0 Å². The molecule has 1 amide bonds. The van der Waals surface area contributed by atoms with Gasteiger partial charge in [0.1, 0.15) is 0 Å². The Morgan fingerprint density at radius 3 is 2.24 bits per heavy atom. The molecular formula is C20H16N2O3. The number of hydrazone groups is 1. The van der Waals surface area contributed by atoms with Crippen LogP contribution in [-0.4, -0.2) is 22.3 Å². The number of carbonyl (C=O) groups is 1. The van der Waals surface area contributed by atoms with Gasteiger partial charge in [0.15, 0.2) is 11.5 Å². The van der Waals surface area contributed by atoms with Crippen molar-refractivity contribution < 1.29 is 15.0 Å². The molecule has 5 heteroatoms. The molecule has 0 saturated carbocycles. The van der Waals surface area contributed by atoms with E-state index in [1.54, 1.807) is 24.3 Å². The summed E-state index contributed by atoms with van der Waals surface area (Å²) >= 11 is 0. The highest BCUT2D eigenvalue weighted by Gasteiger charge is 2.06. The van der Waals surface area contributed by atoms with Crippen LogP contribution in [0.1, 0.15) is 15.9 Å². The fraction of sp³-hybridized carbons (Fsp3) is 0. The molecule has 0 bridgehead atoms. The van der Waals surface area contributed by atoms with E-state index in [1.165, 1.54) is 12.3 Å². The summed E-state index contributed by atoms with van der Waals surface area (Å²) in [6.45, 7) is 0. The lowest BCUT2D eigenvalue weighted by Crippen LogP contribution is -2.17. The van der Waals surface area contributed by atoms with Gasteiger partial charge in [0.05, 0.1) is 6.21 Å². The Kier molecular flexibility index (Phi) is 4.76. The first-order valence-corrected chi connectivity index (χ1v) is 7.65. The Balaban J connectivity index is 1.67. The van der Waals surface area contributed by atoms with Crippen molar-refractivity contribution in [3.05, 3.63) is 83.9 Å². The normalized spacial score (nSPS) is 10.7. The second-order valence-corrected chi connectivity index (χ2v) is 5.36. The molecule has 0 aliphatic heterocycles. The van der Waals surface area contributed by atoms with Crippen molar-refractivity contribution in [3.63, 3.8) is 0 Å². The highest BCUT2D eigenvalue weighted by Crippen LogP contribution is 2.26. The minimum atomic E-state index is -0.365. The van der Waals surface area contributed by atoms with Crippen LogP contribution in [0.2, 0.25) is 0 Å². The number of nitrogens with one attached hydrogen (secondary N) is 1. The summed E-state index contributed by atoms with van der Waals surface area (Å²) in [6, 6.07) is 21.6. The first-order valence-electron chi connectivity index (χ1n) is 7.65. The third kappa shape index (κ3) is 3.84. The molecule has 3 aromatic rings. The van der Waals surface area contributed by atoms with Crippen LogP contribution in [-0.2, 0) is 0 Å². The van der Waals surface area contributed by atoms with Crippen LogP contribution >= 0.6 is 0 Å². The van der Waals surface area contributed by atoms with Gasteiger partial charge < -0.3 is 10.2 Å². The molecule has 0 aliphatic carbocycles. The number of aromatic hydroxyl groups is 2. The first-order chi connectivity index (χ1) is 12.1. The van der Waals surface area contributed by atoms with Crippen molar-refractivity contribution in [3.8, 4) is 22.6 Å². The minimum absolute atomic E-state index is 0.244. The minimum Gasteiger partial charge on any atom is -0.504 e. The number of rotatable bonds is 4. The number of carbonyl (C=O) groups excluding carboxylic acids is 1. The summed E-state index contributed by atoms with van der Waals surface area (Å²) in [5, 5.41) is 22.9. The molecule has 0 aromatic heterocycles. The summed E-state index contributed by atoms with van der Waals surface area (Å²) < 4.78 is 0. The van der Waals surface area contributed by atoms with E-state index < -0.39 is 0 Å². The molecule has 0 atom stereocenters. The first kappa shape index (κ1) is 16.3. The molecule has 0 fully saturated rings. The molecule has 0 heterocycles. The van der Waals surface area contributed by atoms with Gasteiger partial charge in [-0.05, 0) is 35.4 Å². The van der Waals surface area contributed by atoms with Gasteiger partial charge in [0.25, 0.3) is 5.91 Å². The molecule has 5 nitrogen and oxygen atoms in total. The third-order valence-electron chi connectivity index (χ3n) is 3.67. The fourth-order valence-corrected chi connectivity index (χ4v) is 2.32. The molecule has 3 aromatic carbocycles. The van der Waals surface area contributed by atoms with E-state index in [2.05, 4.69) is 10.5 Å². The summed E-state index contributed by atoms with van der Waals surface area (Å²) in [6.07, 6.45) is 1.27. The second kappa shape index (κ2) is 7.31. The molecule has 0 unspecified atom stereocenters. The maximum absolute atomic E-state index is 12.1. The van der Waals surface area contributed by atoms with Gasteiger partial charge in [-0.3, -0.25) is 4.79 Å². The maximum Gasteiger partial charge on any atom is 0.271 e. The Hall–Kier alpha value is -3.60. The van der Waals surface area contributed by atoms with E-state index in [9.17, 15) is 15.0 Å². The van der Waals surface area contributed by atoms with Crippen LogP contribution in [0.25, 0.3) is 11.1 Å². The van der Waals surface area contributed by atoms with Crippen LogP contribution in [0.5, 0.6) is 11.5 Å². The van der Waals surface area contributed by atoms with E-state index in [0.717, 1.165) is 11.1 Å². The lowest BCUT2D eigenvalue weighted by Gasteiger charge is -2.04. The molecule has 0 saturated heterocycles. The number of hydrogen-bond donors (Lipinski definition) is 3. The molecule has 3 N–H and O–H groups in total. The van der Waals surface area contributed by atoms with Crippen LogP contribution < -0.4 is 5.43 Å². The lowest BCUT2D eigenvalue weighted by molar-refractivity contribution is 0.0955. The number of hydrogen-bond acceptors (Lipinski definition) is 4. The summed E-state index contributed by atoms with van der Waals surface area (Å²) in [7, 11) is 0. The topological polar surface area (TPSA) is 81.9 Å². The van der Waals surface area contributed by atoms with Gasteiger partial charge in [-0.25, -0.2) is 5.43 Å². The number of benzene rings is 3. The maximum atomic E-state index is 12.1. The second-order valence-electron chi connectivity index (χ2n) is 5.36. The van der Waals surface area contributed by atoms with Crippen molar-refractivity contribution >= 4 is 12.1 Å². The quantitative estimate of drug-likeness (QED) is 0.388. The van der Waals surface area contributed by atoms with Crippen molar-refractivity contribution in [1.82, 2.24) is 5.43 Å². The molecule has 124 valence electrons. The third-order valence-corrected chi connectivity index (χ3v) is 3.67. The highest BCUT2D eigenvalue weighted by molar-refractivity contribution is 5.95. The van der Waals surface area contributed by atoms with Crippen LogP contribution in [0.4, 0.5) is 0 Å². The van der Waals surface area contributed by atoms with Gasteiger partial charge in [-0.2, -0.15) is 5.10 Å². The molecule has 25 heavy (non-hydrogen) atoms. The molecule has 0 spiro atoms. The number of para-hydroxylation sites is 1. The SMILES string of the molecule is O=C(NN=Cc1cccc(O)c1O)c1ccc(-c2ccccc2)cc1. The van der Waals surface area contributed by atoms with Crippen LogP contribution in [0.15, 0.2) is 77.9 Å². The zero-order valence-electron chi connectivity index (χ0n) is 13.3. The van der Waals surface area contributed by atoms with Gasteiger partial charge in [0, 0.05) is 11.1 Å². The molecule has 0 radical (unpaired) electrons. The fourth-order valence-electron chi connectivity index (χ4n) is 2.32. The lowest BCUT2D eigenvalue weighted by atomic mass is 10.0. The zero-order valence-corrected chi connectivity index (χ0v) is 13.3. The smallest absolute Gasteiger partial charge is 0.271 e. The van der Waals surface area contributed by atoms with Crippen LogP contribution in [0, 0.1) is 0 Å². The predicted octanol–water partition coefficient (Wildman–Crippen LogP) is 3.53. The van der Waals surface area contributed by atoms with Crippen LogP contribution in [0.3, 0.4) is 0 Å². The van der Waals surface area contributed by atoms with Gasteiger partial charge in [-0.1, -0.05) is 48.5 Å². The average molecular weight is 332 g/mol. The summed E-state index contributed by atoms with van der Waals surface area (Å²) in [5.41, 5.74) is 5.26. The Labute approximate surface area is 144 Å². The van der Waals surface area contributed by atoms with Crippen molar-refractivity contribution in [2.75, 3.05) is 0 Å². The number of nitrogens with zero attached hydrogens (tertiary/aromatic N) is 1. The van der Waals surface area contributed by atoms with Crippen molar-refractivity contribution in [2.45, 2.75) is 0 Å². The largest absolute Gasteiger partial charge is 0.504 e. The molecule has 0 aliphatic rings. The van der Waals surface area contributed by atoms with Crippen molar-refractivity contribution in [2.24, 2.45) is 5.10 Å². The molecule has 3 rings (SSSR count). The monoisotopic (exact) mass is 332 g/mol. The van der Waals surface area contributed by atoms with Gasteiger partial charge in [0.2, 0.25) is 0 Å². The summed E-state index contributed by atoms with van der Waals surface area (Å²) in [4.78, 5) is 12.1. The predicted molar refractivity (Wildman–Crippen MR) is 96.7 cm³/mol. The van der Waals surface area contributed by atoms with E-state index in [-0.39, 0.29) is 17.4 Å². The number of amides is 1. The highest BCUT2D eigenvalue weighted by atomic mass is 16.3. The number of phenols is 2. The van der Waals surface area contributed by atoms with Crippen molar-refractivity contribution in [1.29, 1.82) is 0 Å². The number of phenolic OH excluding ortho intramolecular Hbond substituents is 2. The van der Waals surface area contributed by atoms with E-state index in [1.807, 2.05) is 42.5 Å². The van der Waals surface area contributed by atoms with E-state index >= 15 is 0 Å². The Bertz CT molecular complexity index is 904. The Morgan fingerprint density at radius 1 is 0.840 bits per heavy atom. The van der Waals surface area contributed by atoms with E-state index in [4.69, 9.17) is 0 Å². The van der Waals surface area contributed by atoms with Gasteiger partial charge in [-0.15, -0.1) is 0 Å². The summed E-state index contributed by atoms with van der Waals surface area (Å²) in [5.74, 6) is -0.894.